The van der Waals surface area contributed by atoms with Crippen LogP contribution < -0.4 is 15.4 Å². The molecule has 0 saturated heterocycles. The highest BCUT2D eigenvalue weighted by Crippen LogP contribution is 2.28. The highest BCUT2D eigenvalue weighted by molar-refractivity contribution is 6.31. The molecule has 0 unspecified atom stereocenters. The fourth-order valence-electron chi connectivity index (χ4n) is 3.23. The first kappa shape index (κ1) is 24.5. The lowest BCUT2D eigenvalue weighted by Crippen LogP contribution is -2.32. The standard InChI is InChI=1S/C24H30ClN5O3/c1-15-12-17(7-9-19(15)25)14-30-20(22(31)27-11-10-24(3,4)32)21(26-5)29-23(30)33-18-8-6-16(2)28-13-18/h6-9,12-13,26,32H,10-11,14H2,1-5H3,(H,27,31). The van der Waals surface area contributed by atoms with E-state index in [2.05, 4.69) is 20.6 Å². The molecule has 0 fully saturated rings. The molecule has 33 heavy (non-hydrogen) atoms. The van der Waals surface area contributed by atoms with E-state index in [9.17, 15) is 9.90 Å². The van der Waals surface area contributed by atoms with Crippen molar-refractivity contribution in [2.45, 2.75) is 46.3 Å². The smallest absolute Gasteiger partial charge is 0.304 e. The summed E-state index contributed by atoms with van der Waals surface area (Å²) in [5.74, 6) is 0.575. The number of rotatable bonds is 9. The van der Waals surface area contributed by atoms with Gasteiger partial charge in [-0.05, 0) is 63.4 Å². The first-order chi connectivity index (χ1) is 15.6. The van der Waals surface area contributed by atoms with Crippen molar-refractivity contribution in [2.24, 2.45) is 0 Å². The van der Waals surface area contributed by atoms with E-state index in [1.54, 1.807) is 37.7 Å². The van der Waals surface area contributed by atoms with E-state index in [-0.39, 0.29) is 11.9 Å². The van der Waals surface area contributed by atoms with Crippen LogP contribution in [0.25, 0.3) is 0 Å². The van der Waals surface area contributed by atoms with Crippen LogP contribution in [0.2, 0.25) is 5.02 Å². The molecule has 3 aromatic rings. The minimum atomic E-state index is -0.882. The molecule has 3 N–H and O–H groups in total. The Balaban J connectivity index is 1.99. The van der Waals surface area contributed by atoms with Crippen molar-refractivity contribution in [3.8, 4) is 11.8 Å². The number of aliphatic hydroxyl groups is 1. The van der Waals surface area contributed by atoms with Gasteiger partial charge in [0.1, 0.15) is 5.75 Å². The molecule has 2 heterocycles. The molecule has 0 bridgehead atoms. The van der Waals surface area contributed by atoms with E-state index in [1.165, 1.54) is 0 Å². The zero-order valence-electron chi connectivity index (χ0n) is 19.6. The van der Waals surface area contributed by atoms with Crippen molar-refractivity contribution >= 4 is 23.3 Å². The normalized spacial score (nSPS) is 11.4. The molecule has 1 aromatic carbocycles. The minimum Gasteiger partial charge on any atom is -0.424 e. The molecule has 0 aliphatic rings. The van der Waals surface area contributed by atoms with E-state index in [1.807, 2.05) is 38.1 Å². The molecular formula is C24H30ClN5O3. The maximum atomic E-state index is 13.2. The lowest BCUT2D eigenvalue weighted by atomic mass is 10.1. The monoisotopic (exact) mass is 471 g/mol. The Morgan fingerprint density at radius 1 is 1.24 bits per heavy atom. The van der Waals surface area contributed by atoms with Gasteiger partial charge in [0.25, 0.3) is 5.91 Å². The molecule has 3 rings (SSSR count). The van der Waals surface area contributed by atoms with E-state index in [0.717, 1.165) is 16.8 Å². The molecule has 9 heteroatoms. The third-order valence-corrected chi connectivity index (χ3v) is 5.49. The highest BCUT2D eigenvalue weighted by Gasteiger charge is 2.25. The highest BCUT2D eigenvalue weighted by atomic mass is 35.5. The van der Waals surface area contributed by atoms with E-state index in [4.69, 9.17) is 16.3 Å². The van der Waals surface area contributed by atoms with Crippen LogP contribution in [0.1, 0.15) is 47.6 Å². The Hall–Kier alpha value is -3.10. The van der Waals surface area contributed by atoms with Crippen LogP contribution in [-0.4, -0.2) is 44.7 Å². The van der Waals surface area contributed by atoms with E-state index in [0.29, 0.717) is 41.8 Å². The Labute approximate surface area is 199 Å². The Morgan fingerprint density at radius 3 is 2.61 bits per heavy atom. The van der Waals surface area contributed by atoms with Gasteiger partial charge < -0.3 is 20.5 Å². The average Bonchev–Trinajstić information content (AvgIpc) is 3.08. The number of pyridine rings is 1. The number of anilines is 1. The second-order valence-electron chi connectivity index (χ2n) is 8.57. The van der Waals surface area contributed by atoms with Crippen molar-refractivity contribution in [1.82, 2.24) is 19.9 Å². The zero-order valence-corrected chi connectivity index (χ0v) is 20.3. The summed E-state index contributed by atoms with van der Waals surface area (Å²) in [4.78, 5) is 22.0. The van der Waals surface area contributed by atoms with Gasteiger partial charge >= 0.3 is 6.01 Å². The second kappa shape index (κ2) is 10.2. The van der Waals surface area contributed by atoms with Gasteiger partial charge in [-0.2, -0.15) is 4.98 Å². The zero-order chi connectivity index (χ0) is 24.2. The molecule has 176 valence electrons. The summed E-state index contributed by atoms with van der Waals surface area (Å²) in [7, 11) is 1.70. The minimum absolute atomic E-state index is 0.255. The van der Waals surface area contributed by atoms with Gasteiger partial charge in [0.05, 0.1) is 18.3 Å². The molecule has 0 spiro atoms. The third-order valence-electron chi connectivity index (χ3n) is 5.06. The van der Waals surface area contributed by atoms with E-state index >= 15 is 0 Å². The summed E-state index contributed by atoms with van der Waals surface area (Å²) < 4.78 is 7.74. The number of aryl methyl sites for hydroxylation is 2. The Morgan fingerprint density at radius 2 is 2.00 bits per heavy atom. The number of nitrogens with one attached hydrogen (secondary N) is 2. The predicted octanol–water partition coefficient (Wildman–Crippen LogP) is 4.32. The number of carbonyl (C=O) groups excluding carboxylic acids is 1. The Bertz CT molecular complexity index is 1120. The Kier molecular flexibility index (Phi) is 7.61. The molecule has 0 aliphatic heterocycles. The van der Waals surface area contributed by atoms with Gasteiger partial charge in [-0.15, -0.1) is 0 Å². The SMILES string of the molecule is CNc1nc(Oc2ccc(C)nc2)n(Cc2ccc(Cl)c(C)c2)c1C(=O)NCCC(C)(C)O. The van der Waals surface area contributed by atoms with Crippen molar-refractivity contribution in [3.05, 3.63) is 64.1 Å². The lowest BCUT2D eigenvalue weighted by molar-refractivity contribution is 0.0691. The predicted molar refractivity (Wildman–Crippen MR) is 129 cm³/mol. The van der Waals surface area contributed by atoms with Gasteiger partial charge in [0.15, 0.2) is 11.5 Å². The van der Waals surface area contributed by atoms with Crippen LogP contribution in [0.5, 0.6) is 11.8 Å². The van der Waals surface area contributed by atoms with Crippen molar-refractivity contribution < 1.29 is 14.6 Å². The lowest BCUT2D eigenvalue weighted by Gasteiger charge is -2.18. The maximum absolute atomic E-state index is 13.2. The fourth-order valence-corrected chi connectivity index (χ4v) is 3.35. The van der Waals surface area contributed by atoms with Gasteiger partial charge in [-0.1, -0.05) is 23.7 Å². The third kappa shape index (κ3) is 6.46. The topological polar surface area (TPSA) is 101 Å². The summed E-state index contributed by atoms with van der Waals surface area (Å²) in [6.07, 6.45) is 2.03. The van der Waals surface area contributed by atoms with Crippen LogP contribution in [0.4, 0.5) is 5.82 Å². The van der Waals surface area contributed by atoms with Crippen LogP contribution in [0.15, 0.2) is 36.5 Å². The van der Waals surface area contributed by atoms with Gasteiger partial charge in [-0.25, -0.2) is 0 Å². The summed E-state index contributed by atoms with van der Waals surface area (Å²) in [5.41, 5.74) is 2.19. The number of nitrogens with zero attached hydrogens (tertiary/aromatic N) is 3. The summed E-state index contributed by atoms with van der Waals surface area (Å²) in [5, 5.41) is 16.5. The molecule has 0 radical (unpaired) electrons. The maximum Gasteiger partial charge on any atom is 0.304 e. The molecule has 0 saturated carbocycles. The summed E-state index contributed by atoms with van der Waals surface area (Å²) in [6.45, 7) is 7.88. The molecular weight excluding hydrogens is 442 g/mol. The number of amides is 1. The van der Waals surface area contributed by atoms with Crippen LogP contribution in [0, 0.1) is 13.8 Å². The van der Waals surface area contributed by atoms with Crippen molar-refractivity contribution in [3.63, 3.8) is 0 Å². The number of halogens is 1. The van der Waals surface area contributed by atoms with E-state index < -0.39 is 5.60 Å². The first-order valence-corrected chi connectivity index (χ1v) is 11.1. The fraction of sp³-hybridized carbons (Fsp3) is 0.375. The number of aromatic nitrogens is 3. The molecule has 0 atom stereocenters. The van der Waals surface area contributed by atoms with Crippen LogP contribution in [0.3, 0.4) is 0 Å². The number of hydrogen-bond acceptors (Lipinski definition) is 6. The molecule has 8 nitrogen and oxygen atoms in total. The van der Waals surface area contributed by atoms with Crippen molar-refractivity contribution in [2.75, 3.05) is 18.9 Å². The molecule has 1 amide bonds. The number of ether oxygens (including phenoxy) is 1. The van der Waals surface area contributed by atoms with Gasteiger partial charge in [-0.3, -0.25) is 14.3 Å². The number of hydrogen-bond donors (Lipinski definition) is 3. The largest absolute Gasteiger partial charge is 0.424 e. The average molecular weight is 472 g/mol. The first-order valence-electron chi connectivity index (χ1n) is 10.7. The second-order valence-corrected chi connectivity index (χ2v) is 8.97. The molecule has 0 aliphatic carbocycles. The van der Waals surface area contributed by atoms with Crippen molar-refractivity contribution in [1.29, 1.82) is 0 Å². The molecule has 2 aromatic heterocycles. The number of carbonyl (C=O) groups is 1. The number of benzene rings is 1. The van der Waals surface area contributed by atoms with Crippen LogP contribution in [-0.2, 0) is 6.54 Å². The quantitative estimate of drug-likeness (QED) is 0.429. The van der Waals surface area contributed by atoms with Gasteiger partial charge in [0, 0.05) is 24.3 Å². The van der Waals surface area contributed by atoms with Crippen LogP contribution >= 0.6 is 11.6 Å². The number of imidazole rings is 1. The summed E-state index contributed by atoms with van der Waals surface area (Å²) in [6, 6.07) is 9.60. The summed E-state index contributed by atoms with van der Waals surface area (Å²) >= 11 is 6.19. The van der Waals surface area contributed by atoms with Gasteiger partial charge in [0.2, 0.25) is 0 Å².